The summed E-state index contributed by atoms with van der Waals surface area (Å²) in [7, 11) is -3.94. The SMILES string of the molecule is CC(C)NC(=O)[C@H](C)N(Cc1ccccc1Cl)C(=O)CCCN(c1cccc(C(F)(F)F)c1)S(C)(=O)=O. The van der Waals surface area contributed by atoms with E-state index in [1.165, 1.54) is 11.0 Å². The second-order valence-electron chi connectivity index (χ2n) is 8.94. The van der Waals surface area contributed by atoms with Crippen LogP contribution in [0.1, 0.15) is 44.7 Å². The normalized spacial score (nSPS) is 12.8. The fraction of sp³-hybridized carbons (Fsp3) is 0.440. The van der Waals surface area contributed by atoms with Gasteiger partial charge in [-0.05, 0) is 57.0 Å². The minimum absolute atomic E-state index is 0.0136. The fourth-order valence-corrected chi connectivity index (χ4v) is 4.79. The second-order valence-corrected chi connectivity index (χ2v) is 11.3. The maximum Gasteiger partial charge on any atom is 0.416 e. The topological polar surface area (TPSA) is 86.8 Å². The van der Waals surface area contributed by atoms with E-state index in [-0.39, 0.29) is 43.6 Å². The molecule has 7 nitrogen and oxygen atoms in total. The van der Waals surface area contributed by atoms with Crippen molar-refractivity contribution in [2.45, 2.75) is 58.4 Å². The van der Waals surface area contributed by atoms with Gasteiger partial charge in [-0.3, -0.25) is 13.9 Å². The van der Waals surface area contributed by atoms with Gasteiger partial charge in [-0.25, -0.2) is 8.42 Å². The minimum atomic E-state index is -4.64. The van der Waals surface area contributed by atoms with Crippen molar-refractivity contribution in [3.05, 3.63) is 64.7 Å². The van der Waals surface area contributed by atoms with Crippen molar-refractivity contribution in [2.24, 2.45) is 0 Å². The van der Waals surface area contributed by atoms with E-state index in [1.807, 2.05) is 0 Å². The van der Waals surface area contributed by atoms with Crippen LogP contribution in [-0.2, 0) is 32.3 Å². The third-order valence-electron chi connectivity index (χ3n) is 5.51. The minimum Gasteiger partial charge on any atom is -0.352 e. The zero-order chi connectivity index (χ0) is 28.0. The Morgan fingerprint density at radius 1 is 1.05 bits per heavy atom. The van der Waals surface area contributed by atoms with Crippen LogP contribution in [0.5, 0.6) is 0 Å². The molecule has 0 heterocycles. The Labute approximate surface area is 220 Å². The van der Waals surface area contributed by atoms with Crippen molar-refractivity contribution in [1.82, 2.24) is 10.2 Å². The van der Waals surface area contributed by atoms with Gasteiger partial charge >= 0.3 is 6.18 Å². The van der Waals surface area contributed by atoms with E-state index in [1.54, 1.807) is 45.0 Å². The van der Waals surface area contributed by atoms with Gasteiger partial charge in [0.25, 0.3) is 0 Å². The molecule has 0 aromatic heterocycles. The number of nitrogens with zero attached hydrogens (tertiary/aromatic N) is 2. The molecule has 0 aliphatic heterocycles. The highest BCUT2D eigenvalue weighted by Gasteiger charge is 2.32. The Morgan fingerprint density at radius 3 is 2.27 bits per heavy atom. The van der Waals surface area contributed by atoms with Gasteiger partial charge in [-0.15, -0.1) is 0 Å². The first kappa shape index (κ1) is 30.4. The van der Waals surface area contributed by atoms with E-state index in [4.69, 9.17) is 11.6 Å². The van der Waals surface area contributed by atoms with Crippen molar-refractivity contribution < 1.29 is 31.2 Å². The van der Waals surface area contributed by atoms with Crippen LogP contribution in [0.2, 0.25) is 5.02 Å². The van der Waals surface area contributed by atoms with Crippen LogP contribution in [0.3, 0.4) is 0 Å². The monoisotopic (exact) mass is 561 g/mol. The Morgan fingerprint density at radius 2 is 1.70 bits per heavy atom. The lowest BCUT2D eigenvalue weighted by atomic mass is 10.1. The summed E-state index contributed by atoms with van der Waals surface area (Å²) in [6.45, 7) is 4.99. The predicted molar refractivity (Wildman–Crippen MR) is 138 cm³/mol. The molecule has 2 aromatic carbocycles. The number of halogens is 4. The van der Waals surface area contributed by atoms with E-state index in [0.29, 0.717) is 10.6 Å². The Hall–Kier alpha value is -2.79. The summed E-state index contributed by atoms with van der Waals surface area (Å²) >= 11 is 6.26. The molecule has 0 bridgehead atoms. The highest BCUT2D eigenvalue weighted by molar-refractivity contribution is 7.92. The summed E-state index contributed by atoms with van der Waals surface area (Å²) in [5, 5.41) is 3.19. The van der Waals surface area contributed by atoms with Gasteiger partial charge in [0.05, 0.1) is 17.5 Å². The average molecular weight is 562 g/mol. The summed E-state index contributed by atoms with van der Waals surface area (Å²) in [5.74, 6) is -0.791. The lowest BCUT2D eigenvalue weighted by Crippen LogP contribution is -2.49. The summed E-state index contributed by atoms with van der Waals surface area (Å²) in [6, 6.07) is 9.88. The van der Waals surface area contributed by atoms with Crippen LogP contribution in [0.15, 0.2) is 48.5 Å². The molecule has 0 saturated heterocycles. The van der Waals surface area contributed by atoms with E-state index in [2.05, 4.69) is 5.32 Å². The van der Waals surface area contributed by atoms with Crippen LogP contribution >= 0.6 is 11.6 Å². The van der Waals surface area contributed by atoms with Crippen molar-refractivity contribution >= 4 is 39.1 Å². The number of hydrogen-bond acceptors (Lipinski definition) is 4. The smallest absolute Gasteiger partial charge is 0.352 e. The third kappa shape index (κ3) is 8.92. The molecule has 0 radical (unpaired) electrons. The molecule has 0 fully saturated rings. The Balaban J connectivity index is 2.23. The molecular formula is C25H31ClF3N3O4S. The summed E-state index contributed by atoms with van der Waals surface area (Å²) < 4.78 is 65.0. The molecule has 0 saturated carbocycles. The van der Waals surface area contributed by atoms with Gasteiger partial charge in [0.15, 0.2) is 0 Å². The molecule has 2 aromatic rings. The molecule has 1 N–H and O–H groups in total. The molecule has 2 rings (SSSR count). The predicted octanol–water partition coefficient (Wildman–Crippen LogP) is 4.85. The highest BCUT2D eigenvalue weighted by atomic mass is 35.5. The maximum atomic E-state index is 13.2. The Kier molecular flexibility index (Phi) is 10.4. The largest absolute Gasteiger partial charge is 0.416 e. The highest BCUT2D eigenvalue weighted by Crippen LogP contribution is 2.32. The number of nitrogens with one attached hydrogen (secondary N) is 1. The second kappa shape index (κ2) is 12.6. The molecule has 1 atom stereocenters. The standard InChI is InChI=1S/C25H31ClF3N3O4S/c1-17(2)30-24(34)18(3)31(16-19-9-5-6-12-22(19)26)23(33)13-8-14-32(37(4,35)36)21-11-7-10-20(15-21)25(27,28)29/h5-7,9-12,15,17-18H,8,13-14,16H2,1-4H3,(H,30,34)/t18-/m0/s1. The quantitative estimate of drug-likeness (QED) is 0.425. The van der Waals surface area contributed by atoms with Gasteiger partial charge < -0.3 is 10.2 Å². The lowest BCUT2D eigenvalue weighted by molar-refractivity contribution is -0.140. The zero-order valence-corrected chi connectivity index (χ0v) is 22.6. The molecular weight excluding hydrogens is 531 g/mol. The van der Waals surface area contributed by atoms with E-state index < -0.39 is 33.7 Å². The number of carbonyl (C=O) groups is 2. The molecule has 12 heteroatoms. The van der Waals surface area contributed by atoms with Crippen molar-refractivity contribution in [3.8, 4) is 0 Å². The molecule has 0 spiro atoms. The number of amides is 2. The van der Waals surface area contributed by atoms with E-state index in [0.717, 1.165) is 28.8 Å². The molecule has 0 aliphatic carbocycles. The first-order valence-electron chi connectivity index (χ1n) is 11.6. The van der Waals surface area contributed by atoms with Crippen molar-refractivity contribution in [3.63, 3.8) is 0 Å². The van der Waals surface area contributed by atoms with Crippen LogP contribution in [0, 0.1) is 0 Å². The van der Waals surface area contributed by atoms with Gasteiger partial charge in [-0.1, -0.05) is 35.9 Å². The van der Waals surface area contributed by atoms with Gasteiger partial charge in [0.2, 0.25) is 21.8 Å². The van der Waals surface area contributed by atoms with Gasteiger partial charge in [-0.2, -0.15) is 13.2 Å². The number of hydrogen-bond donors (Lipinski definition) is 1. The average Bonchev–Trinajstić information content (AvgIpc) is 2.79. The number of anilines is 1. The molecule has 0 aliphatic rings. The van der Waals surface area contributed by atoms with Gasteiger partial charge in [0.1, 0.15) is 6.04 Å². The van der Waals surface area contributed by atoms with Crippen LogP contribution in [0.25, 0.3) is 0 Å². The van der Waals surface area contributed by atoms with Crippen LogP contribution in [0.4, 0.5) is 18.9 Å². The molecule has 0 unspecified atom stereocenters. The van der Waals surface area contributed by atoms with Crippen LogP contribution < -0.4 is 9.62 Å². The number of benzene rings is 2. The molecule has 204 valence electrons. The fourth-order valence-electron chi connectivity index (χ4n) is 3.64. The van der Waals surface area contributed by atoms with Crippen molar-refractivity contribution in [2.75, 3.05) is 17.1 Å². The van der Waals surface area contributed by atoms with E-state index >= 15 is 0 Å². The number of alkyl halides is 3. The maximum absolute atomic E-state index is 13.2. The van der Waals surface area contributed by atoms with Crippen molar-refractivity contribution in [1.29, 1.82) is 0 Å². The Bertz CT molecular complexity index is 1210. The summed E-state index contributed by atoms with van der Waals surface area (Å²) in [4.78, 5) is 27.3. The number of carbonyl (C=O) groups excluding carboxylic acids is 2. The first-order valence-corrected chi connectivity index (χ1v) is 13.8. The third-order valence-corrected chi connectivity index (χ3v) is 7.07. The molecule has 37 heavy (non-hydrogen) atoms. The number of sulfonamides is 1. The van der Waals surface area contributed by atoms with E-state index in [9.17, 15) is 31.2 Å². The zero-order valence-electron chi connectivity index (χ0n) is 21.0. The number of rotatable bonds is 11. The first-order chi connectivity index (χ1) is 17.1. The molecule has 2 amide bonds. The van der Waals surface area contributed by atoms with Gasteiger partial charge in [0, 0.05) is 30.6 Å². The summed E-state index contributed by atoms with van der Waals surface area (Å²) in [5.41, 5.74) is -0.503. The summed E-state index contributed by atoms with van der Waals surface area (Å²) in [6.07, 6.45) is -3.88. The van der Waals surface area contributed by atoms with Crippen LogP contribution in [-0.4, -0.2) is 50.0 Å². The lowest BCUT2D eigenvalue weighted by Gasteiger charge is -2.30.